The van der Waals surface area contributed by atoms with Crippen LogP contribution >= 0.6 is 0 Å². The highest BCUT2D eigenvalue weighted by molar-refractivity contribution is 5.84. The van der Waals surface area contributed by atoms with Crippen LogP contribution in [0.15, 0.2) is 48.5 Å². The molecule has 1 saturated heterocycles. The molecule has 166 valence electrons. The van der Waals surface area contributed by atoms with Gasteiger partial charge in [-0.05, 0) is 30.3 Å². The molecule has 0 spiro atoms. The first-order chi connectivity index (χ1) is 14.7. The molecule has 1 aliphatic rings. The Kier molecular flexibility index (Phi) is 6.95. The lowest BCUT2D eigenvalue weighted by Crippen LogP contribution is -2.47. The molecule has 0 atom stereocenters. The van der Waals surface area contributed by atoms with Crippen molar-refractivity contribution in [2.45, 2.75) is 6.18 Å². The van der Waals surface area contributed by atoms with Crippen LogP contribution in [0.4, 0.5) is 35.0 Å². The summed E-state index contributed by atoms with van der Waals surface area (Å²) in [6.07, 6.45) is -5.30. The largest absolute Gasteiger partial charge is 0.448 e. The molecule has 2 aromatic carbocycles. The van der Waals surface area contributed by atoms with Gasteiger partial charge in [0.15, 0.2) is 0 Å². The smallest absolute Gasteiger partial charge is 0.416 e. The molecule has 0 bridgehead atoms. The Morgan fingerprint density at radius 1 is 1.10 bits per heavy atom. The topological polar surface area (TPSA) is 88.0 Å². The van der Waals surface area contributed by atoms with Gasteiger partial charge in [-0.3, -0.25) is 20.3 Å². The number of ether oxygens (including phenoxy) is 1. The molecule has 1 amide bonds. The van der Waals surface area contributed by atoms with Crippen molar-refractivity contribution in [3.8, 4) is 0 Å². The summed E-state index contributed by atoms with van der Waals surface area (Å²) in [5.74, 6) is 0. The number of piperazine rings is 1. The van der Waals surface area contributed by atoms with E-state index in [2.05, 4.69) is 15.1 Å². The minimum absolute atomic E-state index is 0.0107. The second kappa shape index (κ2) is 9.65. The third kappa shape index (κ3) is 6.32. The van der Waals surface area contributed by atoms with Gasteiger partial charge in [0.2, 0.25) is 0 Å². The standard InChI is InChI=1S/C20H21F3N4O4/c21-20(22,23)15-2-1-3-16(14-15)24-19(28)31-13-12-25-8-10-26(11-9-25)17-4-6-18(7-5-17)27(29)30/h1-7,14H,8-13H2,(H,24,28). The number of amides is 1. The van der Waals surface area contributed by atoms with Gasteiger partial charge in [0, 0.05) is 56.2 Å². The zero-order valence-corrected chi connectivity index (χ0v) is 16.5. The van der Waals surface area contributed by atoms with Crippen molar-refractivity contribution in [3.63, 3.8) is 0 Å². The number of alkyl halides is 3. The molecule has 0 aromatic heterocycles. The van der Waals surface area contributed by atoms with Crippen LogP contribution < -0.4 is 10.2 Å². The molecule has 0 radical (unpaired) electrons. The van der Waals surface area contributed by atoms with Gasteiger partial charge >= 0.3 is 12.3 Å². The summed E-state index contributed by atoms with van der Waals surface area (Å²) < 4.78 is 43.2. The van der Waals surface area contributed by atoms with Gasteiger partial charge in [-0.15, -0.1) is 0 Å². The molecule has 1 heterocycles. The number of nitrogens with one attached hydrogen (secondary N) is 1. The number of carbonyl (C=O) groups is 1. The summed E-state index contributed by atoms with van der Waals surface area (Å²) in [5.41, 5.74) is 0.109. The van der Waals surface area contributed by atoms with Crippen LogP contribution in [0.1, 0.15) is 5.56 Å². The highest BCUT2D eigenvalue weighted by atomic mass is 19.4. The first kappa shape index (κ1) is 22.3. The van der Waals surface area contributed by atoms with E-state index in [-0.39, 0.29) is 18.0 Å². The van der Waals surface area contributed by atoms with Gasteiger partial charge in [-0.2, -0.15) is 13.2 Å². The van der Waals surface area contributed by atoms with Crippen LogP contribution in [-0.4, -0.2) is 55.2 Å². The van der Waals surface area contributed by atoms with Gasteiger partial charge in [0.25, 0.3) is 5.69 Å². The van der Waals surface area contributed by atoms with Gasteiger partial charge in [0.1, 0.15) is 6.61 Å². The average molecular weight is 438 g/mol. The maximum absolute atomic E-state index is 12.7. The minimum atomic E-state index is -4.49. The molecule has 8 nitrogen and oxygen atoms in total. The summed E-state index contributed by atoms with van der Waals surface area (Å²) in [6, 6.07) is 10.7. The van der Waals surface area contributed by atoms with Crippen LogP contribution in [0, 0.1) is 10.1 Å². The first-order valence-electron chi connectivity index (χ1n) is 9.55. The number of nitrogens with zero attached hydrogens (tertiary/aromatic N) is 3. The summed E-state index contributed by atoms with van der Waals surface area (Å²) in [7, 11) is 0. The molecular formula is C20H21F3N4O4. The lowest BCUT2D eigenvalue weighted by molar-refractivity contribution is -0.384. The molecule has 0 saturated carbocycles. The number of hydrogen-bond donors (Lipinski definition) is 1. The fourth-order valence-electron chi connectivity index (χ4n) is 3.21. The van der Waals surface area contributed by atoms with Gasteiger partial charge in [0.05, 0.1) is 10.5 Å². The Morgan fingerprint density at radius 3 is 2.39 bits per heavy atom. The van der Waals surface area contributed by atoms with E-state index in [1.165, 1.54) is 24.3 Å². The minimum Gasteiger partial charge on any atom is -0.448 e. The van der Waals surface area contributed by atoms with E-state index in [0.29, 0.717) is 19.6 Å². The Hall–Kier alpha value is -3.34. The molecule has 2 aromatic rings. The molecule has 31 heavy (non-hydrogen) atoms. The lowest BCUT2D eigenvalue weighted by Gasteiger charge is -2.35. The third-order valence-electron chi connectivity index (χ3n) is 4.87. The molecule has 1 fully saturated rings. The molecular weight excluding hydrogens is 417 g/mol. The van der Waals surface area contributed by atoms with Crippen molar-refractivity contribution in [3.05, 3.63) is 64.2 Å². The number of nitro benzene ring substituents is 1. The molecule has 1 aliphatic heterocycles. The van der Waals surface area contributed by atoms with E-state index >= 15 is 0 Å². The van der Waals surface area contributed by atoms with Crippen LogP contribution in [0.3, 0.4) is 0 Å². The Morgan fingerprint density at radius 2 is 1.77 bits per heavy atom. The van der Waals surface area contributed by atoms with E-state index < -0.39 is 22.8 Å². The molecule has 11 heteroatoms. The number of anilines is 2. The van der Waals surface area contributed by atoms with Crippen molar-refractivity contribution in [2.75, 3.05) is 49.5 Å². The monoisotopic (exact) mass is 438 g/mol. The Balaban J connectivity index is 1.39. The van der Waals surface area contributed by atoms with Crippen LogP contribution in [-0.2, 0) is 10.9 Å². The van der Waals surface area contributed by atoms with Gasteiger partial charge < -0.3 is 9.64 Å². The average Bonchev–Trinajstić information content (AvgIpc) is 2.74. The summed E-state index contributed by atoms with van der Waals surface area (Å²) >= 11 is 0. The van der Waals surface area contributed by atoms with E-state index in [0.717, 1.165) is 30.9 Å². The quantitative estimate of drug-likeness (QED) is 0.542. The highest BCUT2D eigenvalue weighted by Gasteiger charge is 2.30. The first-order valence-corrected chi connectivity index (χ1v) is 9.55. The maximum Gasteiger partial charge on any atom is 0.416 e. The molecule has 1 N–H and O–H groups in total. The fourth-order valence-corrected chi connectivity index (χ4v) is 3.21. The van der Waals surface area contributed by atoms with Crippen LogP contribution in [0.25, 0.3) is 0 Å². The summed E-state index contributed by atoms with van der Waals surface area (Å²) in [6.45, 7) is 3.46. The van der Waals surface area contributed by atoms with Crippen molar-refractivity contribution in [1.82, 2.24) is 4.90 Å². The predicted octanol–water partition coefficient (Wildman–Crippen LogP) is 3.98. The maximum atomic E-state index is 12.7. The Labute approximate surface area is 176 Å². The zero-order valence-electron chi connectivity index (χ0n) is 16.5. The van der Waals surface area contributed by atoms with Crippen molar-refractivity contribution in [2.24, 2.45) is 0 Å². The van der Waals surface area contributed by atoms with Crippen molar-refractivity contribution in [1.29, 1.82) is 0 Å². The Bertz CT molecular complexity index is 913. The number of rotatable bonds is 6. The van der Waals surface area contributed by atoms with Crippen LogP contribution in [0.5, 0.6) is 0 Å². The molecule has 0 aliphatic carbocycles. The molecule has 0 unspecified atom stereocenters. The number of benzene rings is 2. The number of carbonyl (C=O) groups excluding carboxylic acids is 1. The lowest BCUT2D eigenvalue weighted by atomic mass is 10.2. The summed E-state index contributed by atoms with van der Waals surface area (Å²) in [5, 5.41) is 13.0. The van der Waals surface area contributed by atoms with Gasteiger partial charge in [-0.25, -0.2) is 4.79 Å². The highest BCUT2D eigenvalue weighted by Crippen LogP contribution is 2.30. The van der Waals surface area contributed by atoms with Crippen LogP contribution in [0.2, 0.25) is 0 Å². The molecule has 3 rings (SSSR count). The third-order valence-corrected chi connectivity index (χ3v) is 4.87. The number of hydrogen-bond acceptors (Lipinski definition) is 6. The van der Waals surface area contributed by atoms with Crippen molar-refractivity contribution >= 4 is 23.2 Å². The van der Waals surface area contributed by atoms with E-state index in [9.17, 15) is 28.1 Å². The normalized spacial score (nSPS) is 14.9. The van der Waals surface area contributed by atoms with E-state index in [1.807, 2.05) is 0 Å². The number of nitro groups is 1. The number of halogens is 3. The second-order valence-electron chi connectivity index (χ2n) is 6.94. The zero-order chi connectivity index (χ0) is 22.4. The SMILES string of the molecule is O=C(Nc1cccc(C(F)(F)F)c1)OCCN1CCN(c2ccc([N+](=O)[O-])cc2)CC1. The van der Waals surface area contributed by atoms with E-state index in [1.54, 1.807) is 12.1 Å². The fraction of sp³-hybridized carbons (Fsp3) is 0.350. The van der Waals surface area contributed by atoms with E-state index in [4.69, 9.17) is 4.74 Å². The van der Waals surface area contributed by atoms with Gasteiger partial charge in [-0.1, -0.05) is 6.07 Å². The summed E-state index contributed by atoms with van der Waals surface area (Å²) in [4.78, 5) is 26.3. The van der Waals surface area contributed by atoms with Crippen molar-refractivity contribution < 1.29 is 27.6 Å². The second-order valence-corrected chi connectivity index (χ2v) is 6.94. The predicted molar refractivity (Wildman–Crippen MR) is 108 cm³/mol. The number of non-ortho nitro benzene ring substituents is 1.